The van der Waals surface area contributed by atoms with Crippen molar-refractivity contribution in [1.29, 1.82) is 0 Å². The predicted molar refractivity (Wildman–Crippen MR) is 133 cm³/mol. The first-order valence-corrected chi connectivity index (χ1v) is 10.3. The number of nitrogens with zero attached hydrogens (tertiary/aromatic N) is 5. The summed E-state index contributed by atoms with van der Waals surface area (Å²) in [5.74, 6) is 2.58. The number of guanidine groups is 1. The first-order chi connectivity index (χ1) is 14.8. The van der Waals surface area contributed by atoms with Crippen molar-refractivity contribution in [3.63, 3.8) is 0 Å². The number of aromatic nitrogens is 4. The van der Waals surface area contributed by atoms with Crippen molar-refractivity contribution < 1.29 is 4.74 Å². The van der Waals surface area contributed by atoms with E-state index in [1.807, 2.05) is 42.5 Å². The van der Waals surface area contributed by atoms with Gasteiger partial charge in [0, 0.05) is 32.3 Å². The van der Waals surface area contributed by atoms with E-state index >= 15 is 0 Å². The first kappa shape index (κ1) is 24.6. The van der Waals surface area contributed by atoms with Crippen LogP contribution >= 0.6 is 24.0 Å². The van der Waals surface area contributed by atoms with Gasteiger partial charge in [0.25, 0.3) is 0 Å². The molecule has 0 aliphatic rings. The van der Waals surface area contributed by atoms with Gasteiger partial charge in [0.2, 0.25) is 0 Å². The lowest BCUT2D eigenvalue weighted by Gasteiger charge is -2.12. The molecule has 0 spiro atoms. The molecule has 0 aliphatic carbocycles. The molecule has 3 aromatic rings. The van der Waals surface area contributed by atoms with Gasteiger partial charge < -0.3 is 19.9 Å². The molecular weight excluding hydrogens is 505 g/mol. The van der Waals surface area contributed by atoms with Gasteiger partial charge in [-0.1, -0.05) is 25.1 Å². The van der Waals surface area contributed by atoms with Crippen LogP contribution in [0.1, 0.15) is 30.9 Å². The average molecular weight is 535 g/mol. The average Bonchev–Trinajstić information content (AvgIpc) is 3.24. The summed E-state index contributed by atoms with van der Waals surface area (Å²) in [6.07, 6.45) is 4.40. The molecule has 0 unspecified atom stereocenters. The highest BCUT2D eigenvalue weighted by molar-refractivity contribution is 14.0. The fourth-order valence-electron chi connectivity index (χ4n) is 2.92. The van der Waals surface area contributed by atoms with E-state index in [-0.39, 0.29) is 24.0 Å². The van der Waals surface area contributed by atoms with E-state index in [0.29, 0.717) is 13.2 Å². The Bertz CT molecular complexity index is 930. The summed E-state index contributed by atoms with van der Waals surface area (Å²) in [6.45, 7) is 7.46. The second-order valence-corrected chi connectivity index (χ2v) is 6.67. The van der Waals surface area contributed by atoms with Gasteiger partial charge in [-0.15, -0.1) is 34.2 Å². The molecule has 166 valence electrons. The molecule has 3 rings (SSSR count). The highest BCUT2D eigenvalue weighted by Gasteiger charge is 2.03. The Morgan fingerprint density at radius 1 is 1.13 bits per heavy atom. The first-order valence-electron chi connectivity index (χ1n) is 10.3. The smallest absolute Gasteiger partial charge is 0.191 e. The Morgan fingerprint density at radius 2 is 2.03 bits per heavy atom. The molecule has 0 bridgehead atoms. The number of rotatable bonds is 10. The second kappa shape index (κ2) is 13.6. The number of nitrogens with one attached hydrogen (secondary N) is 2. The van der Waals surface area contributed by atoms with Crippen LogP contribution in [0.2, 0.25) is 0 Å². The summed E-state index contributed by atoms with van der Waals surface area (Å²) in [5, 5.41) is 14.7. The van der Waals surface area contributed by atoms with E-state index in [4.69, 9.17) is 9.73 Å². The molecule has 2 heterocycles. The van der Waals surface area contributed by atoms with E-state index in [1.54, 1.807) is 12.5 Å². The summed E-state index contributed by atoms with van der Waals surface area (Å²) in [7, 11) is 0. The molecule has 1 aromatic carbocycles. The van der Waals surface area contributed by atoms with Crippen molar-refractivity contribution in [2.75, 3.05) is 13.1 Å². The minimum absolute atomic E-state index is 0. The fraction of sp³-hybridized carbons (Fsp3) is 0.364. The summed E-state index contributed by atoms with van der Waals surface area (Å²) in [4.78, 5) is 8.97. The Hall–Kier alpha value is -2.69. The van der Waals surface area contributed by atoms with Crippen molar-refractivity contribution in [1.82, 2.24) is 30.4 Å². The van der Waals surface area contributed by atoms with Crippen molar-refractivity contribution in [3.05, 3.63) is 72.1 Å². The summed E-state index contributed by atoms with van der Waals surface area (Å²) in [5.41, 5.74) is 1.98. The topological polar surface area (TPSA) is 89.3 Å². The number of ether oxygens (including phenoxy) is 1. The molecule has 0 amide bonds. The fourth-order valence-corrected chi connectivity index (χ4v) is 2.92. The van der Waals surface area contributed by atoms with Gasteiger partial charge in [0.1, 0.15) is 24.5 Å². The molecule has 2 aromatic heterocycles. The van der Waals surface area contributed by atoms with E-state index in [0.717, 1.165) is 54.8 Å². The minimum atomic E-state index is 0. The van der Waals surface area contributed by atoms with Gasteiger partial charge in [-0.25, -0.2) is 4.99 Å². The number of hydrogen-bond acceptors (Lipinski definition) is 5. The quantitative estimate of drug-likeness (QED) is 0.236. The second-order valence-electron chi connectivity index (χ2n) is 6.67. The number of halogens is 1. The zero-order valence-corrected chi connectivity index (χ0v) is 20.3. The Balaban J connectivity index is 0.00000341. The third kappa shape index (κ3) is 8.16. The lowest BCUT2D eigenvalue weighted by Crippen LogP contribution is -2.38. The molecule has 8 nitrogen and oxygen atoms in total. The van der Waals surface area contributed by atoms with Gasteiger partial charge >= 0.3 is 0 Å². The maximum Gasteiger partial charge on any atom is 0.191 e. The largest absolute Gasteiger partial charge is 0.487 e. The SMILES string of the molecule is CCNC(=NCc1cccc(OCc2ccccn2)c1)NCCn1cnnc1CC.I. The molecule has 0 aliphatic heterocycles. The van der Waals surface area contributed by atoms with Crippen LogP contribution in [0.3, 0.4) is 0 Å². The Labute approximate surface area is 200 Å². The van der Waals surface area contributed by atoms with Gasteiger partial charge in [0.15, 0.2) is 5.96 Å². The predicted octanol–water partition coefficient (Wildman–Crippen LogP) is 3.19. The molecule has 9 heteroatoms. The number of hydrogen-bond donors (Lipinski definition) is 2. The third-order valence-electron chi connectivity index (χ3n) is 4.43. The molecule has 2 N–H and O–H groups in total. The van der Waals surface area contributed by atoms with Crippen LogP contribution in [0.25, 0.3) is 0 Å². The van der Waals surface area contributed by atoms with Crippen LogP contribution in [-0.2, 0) is 26.1 Å². The van der Waals surface area contributed by atoms with Crippen molar-refractivity contribution in [2.45, 2.75) is 40.0 Å². The molecular formula is C22H30IN7O. The lowest BCUT2D eigenvalue weighted by molar-refractivity contribution is 0.301. The standard InChI is InChI=1S/C22H29N7O.HI/c1-3-21-28-27-17-29(21)13-12-25-22(23-4-2)26-15-18-8-7-10-20(14-18)30-16-19-9-5-6-11-24-19;/h5-11,14,17H,3-4,12-13,15-16H2,1-2H3,(H2,23,25,26);1H. The zero-order valence-electron chi connectivity index (χ0n) is 18.0. The van der Waals surface area contributed by atoms with Gasteiger partial charge in [0.05, 0.1) is 12.2 Å². The normalized spacial score (nSPS) is 11.0. The van der Waals surface area contributed by atoms with Crippen LogP contribution in [-0.4, -0.2) is 38.8 Å². The summed E-state index contributed by atoms with van der Waals surface area (Å²) in [6, 6.07) is 13.8. The maximum atomic E-state index is 5.86. The van der Waals surface area contributed by atoms with Gasteiger partial charge in [-0.2, -0.15) is 0 Å². The monoisotopic (exact) mass is 535 g/mol. The Morgan fingerprint density at radius 3 is 2.81 bits per heavy atom. The Kier molecular flexibility index (Phi) is 10.8. The van der Waals surface area contributed by atoms with Gasteiger partial charge in [-0.3, -0.25) is 4.98 Å². The van der Waals surface area contributed by atoms with E-state index in [1.165, 1.54) is 0 Å². The number of aliphatic imine (C=N–C) groups is 1. The van der Waals surface area contributed by atoms with E-state index in [9.17, 15) is 0 Å². The van der Waals surface area contributed by atoms with Crippen LogP contribution in [0.15, 0.2) is 60.0 Å². The van der Waals surface area contributed by atoms with E-state index in [2.05, 4.69) is 44.2 Å². The molecule has 0 radical (unpaired) electrons. The number of benzene rings is 1. The summed E-state index contributed by atoms with van der Waals surface area (Å²) >= 11 is 0. The van der Waals surface area contributed by atoms with Crippen molar-refractivity contribution >= 4 is 29.9 Å². The lowest BCUT2D eigenvalue weighted by atomic mass is 10.2. The van der Waals surface area contributed by atoms with Crippen LogP contribution in [0.4, 0.5) is 0 Å². The summed E-state index contributed by atoms with van der Waals surface area (Å²) < 4.78 is 7.91. The highest BCUT2D eigenvalue weighted by atomic mass is 127. The van der Waals surface area contributed by atoms with Crippen molar-refractivity contribution in [2.24, 2.45) is 4.99 Å². The highest BCUT2D eigenvalue weighted by Crippen LogP contribution is 2.15. The number of pyridine rings is 1. The molecule has 31 heavy (non-hydrogen) atoms. The molecule has 0 saturated carbocycles. The molecule has 0 fully saturated rings. The molecule has 0 saturated heterocycles. The zero-order chi connectivity index (χ0) is 21.0. The third-order valence-corrected chi connectivity index (χ3v) is 4.43. The van der Waals surface area contributed by atoms with Crippen LogP contribution in [0.5, 0.6) is 5.75 Å². The van der Waals surface area contributed by atoms with Crippen LogP contribution in [0, 0.1) is 0 Å². The maximum absolute atomic E-state index is 5.86. The van der Waals surface area contributed by atoms with Crippen LogP contribution < -0.4 is 15.4 Å². The van der Waals surface area contributed by atoms with Gasteiger partial charge in [-0.05, 0) is 36.8 Å². The van der Waals surface area contributed by atoms with E-state index < -0.39 is 0 Å². The minimum Gasteiger partial charge on any atom is -0.487 e. The molecule has 0 atom stereocenters. The number of aryl methyl sites for hydroxylation is 1. The van der Waals surface area contributed by atoms with Crippen molar-refractivity contribution in [3.8, 4) is 5.75 Å².